The Morgan fingerprint density at radius 2 is 1.55 bits per heavy atom. The molecule has 210 valence electrons. The van der Waals surface area contributed by atoms with Crippen molar-refractivity contribution in [2.45, 2.75) is 52.2 Å². The molecule has 2 aromatic carbocycles. The van der Waals surface area contributed by atoms with E-state index in [4.69, 9.17) is 14.2 Å². The molecule has 0 aromatic heterocycles. The van der Waals surface area contributed by atoms with Crippen molar-refractivity contribution in [1.82, 2.24) is 10.2 Å². The van der Waals surface area contributed by atoms with Crippen LogP contribution in [0.2, 0.25) is 0 Å². The second kappa shape index (κ2) is 13.9. The number of hydrogen-bond acceptors (Lipinski definition) is 7. The number of ether oxygens (including phenoxy) is 3. The van der Waals surface area contributed by atoms with Gasteiger partial charge in [-0.1, -0.05) is 26.0 Å². The van der Waals surface area contributed by atoms with Crippen LogP contribution in [0.4, 0.5) is 5.69 Å². The van der Waals surface area contributed by atoms with Gasteiger partial charge < -0.3 is 24.4 Å². The highest BCUT2D eigenvalue weighted by atomic mass is 32.2. The molecule has 0 radical (unpaired) electrons. The first kappa shape index (κ1) is 30.8. The fourth-order valence-corrected chi connectivity index (χ4v) is 4.72. The highest BCUT2D eigenvalue weighted by molar-refractivity contribution is 7.92. The number of amides is 2. The summed E-state index contributed by atoms with van der Waals surface area (Å²) in [4.78, 5) is 28.4. The number of anilines is 1. The van der Waals surface area contributed by atoms with Gasteiger partial charge in [0.2, 0.25) is 21.8 Å². The number of rotatable bonds is 14. The van der Waals surface area contributed by atoms with Gasteiger partial charge in [0.15, 0.2) is 11.5 Å². The molecule has 2 rings (SSSR count). The number of hydrogen-bond donors (Lipinski definition) is 1. The Labute approximate surface area is 225 Å². The van der Waals surface area contributed by atoms with Crippen molar-refractivity contribution in [2.75, 3.05) is 38.4 Å². The van der Waals surface area contributed by atoms with E-state index in [1.165, 1.54) is 31.3 Å². The van der Waals surface area contributed by atoms with Crippen LogP contribution < -0.4 is 23.8 Å². The van der Waals surface area contributed by atoms with E-state index in [9.17, 15) is 18.0 Å². The van der Waals surface area contributed by atoms with Crippen LogP contribution in [0.15, 0.2) is 42.5 Å². The summed E-state index contributed by atoms with van der Waals surface area (Å²) in [5.41, 5.74) is 1.01. The smallest absolute Gasteiger partial charge is 0.244 e. The molecule has 0 heterocycles. The van der Waals surface area contributed by atoms with E-state index in [1.807, 2.05) is 20.8 Å². The maximum absolute atomic E-state index is 13.8. The lowest BCUT2D eigenvalue weighted by Gasteiger charge is -2.33. The molecule has 0 unspecified atom stereocenters. The van der Waals surface area contributed by atoms with Gasteiger partial charge in [-0.25, -0.2) is 8.42 Å². The predicted molar refractivity (Wildman–Crippen MR) is 147 cm³/mol. The van der Waals surface area contributed by atoms with Crippen molar-refractivity contribution < 1.29 is 32.2 Å². The zero-order valence-corrected chi connectivity index (χ0v) is 24.0. The molecule has 2 atom stereocenters. The Bertz CT molecular complexity index is 1190. The van der Waals surface area contributed by atoms with Crippen molar-refractivity contribution in [2.24, 2.45) is 0 Å². The van der Waals surface area contributed by atoms with Crippen LogP contribution >= 0.6 is 0 Å². The SMILES string of the molecule is CC[C@H](C(=O)N[C@@H](C)CC)N(Cc1ccc(OC)cc1)C(=O)CN(c1ccc(OC)c(OC)c1)S(C)(=O)=O. The van der Waals surface area contributed by atoms with E-state index < -0.39 is 28.5 Å². The second-order valence-electron chi connectivity index (χ2n) is 8.92. The molecule has 2 amide bonds. The Morgan fingerprint density at radius 3 is 2.05 bits per heavy atom. The molecular formula is C27H39N3O7S. The van der Waals surface area contributed by atoms with Crippen LogP contribution in [0.5, 0.6) is 17.2 Å². The van der Waals surface area contributed by atoms with Gasteiger partial charge in [0.25, 0.3) is 0 Å². The molecule has 1 N–H and O–H groups in total. The lowest BCUT2D eigenvalue weighted by atomic mass is 10.1. The average Bonchev–Trinajstić information content (AvgIpc) is 2.90. The number of nitrogens with zero attached hydrogens (tertiary/aromatic N) is 2. The quantitative estimate of drug-likeness (QED) is 0.385. The average molecular weight is 550 g/mol. The van der Waals surface area contributed by atoms with Gasteiger partial charge in [-0.2, -0.15) is 0 Å². The lowest BCUT2D eigenvalue weighted by molar-refractivity contribution is -0.140. The summed E-state index contributed by atoms with van der Waals surface area (Å²) in [7, 11) is 0.599. The predicted octanol–water partition coefficient (Wildman–Crippen LogP) is 3.20. The van der Waals surface area contributed by atoms with Crippen molar-refractivity contribution in [3.05, 3.63) is 48.0 Å². The molecular weight excluding hydrogens is 510 g/mol. The number of carbonyl (C=O) groups excluding carboxylic acids is 2. The van der Waals surface area contributed by atoms with Gasteiger partial charge in [-0.05, 0) is 49.6 Å². The van der Waals surface area contributed by atoms with E-state index in [2.05, 4.69) is 5.32 Å². The minimum Gasteiger partial charge on any atom is -0.497 e. The highest BCUT2D eigenvalue weighted by Gasteiger charge is 2.32. The Hall–Kier alpha value is -3.47. The fraction of sp³-hybridized carbons (Fsp3) is 0.481. The number of benzene rings is 2. The van der Waals surface area contributed by atoms with Gasteiger partial charge in [-0.15, -0.1) is 0 Å². The number of nitrogens with one attached hydrogen (secondary N) is 1. The molecule has 0 bridgehead atoms. The molecule has 0 aliphatic heterocycles. The minimum absolute atomic E-state index is 0.0752. The Kier molecular flexibility index (Phi) is 11.2. The maximum Gasteiger partial charge on any atom is 0.244 e. The van der Waals surface area contributed by atoms with Crippen LogP contribution in [-0.4, -0.2) is 71.3 Å². The summed E-state index contributed by atoms with van der Waals surface area (Å²) in [5, 5.41) is 2.95. The zero-order chi connectivity index (χ0) is 28.5. The van der Waals surface area contributed by atoms with Crippen molar-refractivity contribution >= 4 is 27.5 Å². The van der Waals surface area contributed by atoms with Crippen LogP contribution in [0.3, 0.4) is 0 Å². The minimum atomic E-state index is -3.88. The van der Waals surface area contributed by atoms with Gasteiger partial charge in [0.05, 0.1) is 33.3 Å². The zero-order valence-electron chi connectivity index (χ0n) is 23.2. The summed E-state index contributed by atoms with van der Waals surface area (Å²) in [6.45, 7) is 5.27. The van der Waals surface area contributed by atoms with Gasteiger partial charge in [0, 0.05) is 18.7 Å². The molecule has 38 heavy (non-hydrogen) atoms. The first-order chi connectivity index (χ1) is 18.0. The van der Waals surface area contributed by atoms with Crippen LogP contribution in [0, 0.1) is 0 Å². The third-order valence-electron chi connectivity index (χ3n) is 6.23. The van der Waals surface area contributed by atoms with Crippen LogP contribution in [0.1, 0.15) is 39.2 Å². The highest BCUT2D eigenvalue weighted by Crippen LogP contribution is 2.32. The van der Waals surface area contributed by atoms with Gasteiger partial charge in [0.1, 0.15) is 18.3 Å². The molecule has 2 aromatic rings. The van der Waals surface area contributed by atoms with Crippen LogP contribution in [0.25, 0.3) is 0 Å². The molecule has 0 spiro atoms. The van der Waals surface area contributed by atoms with Crippen molar-refractivity contribution in [3.8, 4) is 17.2 Å². The van der Waals surface area contributed by atoms with E-state index in [-0.39, 0.29) is 24.2 Å². The summed E-state index contributed by atoms with van der Waals surface area (Å²) in [6.07, 6.45) is 2.10. The van der Waals surface area contributed by atoms with Crippen LogP contribution in [-0.2, 0) is 26.2 Å². The monoisotopic (exact) mass is 549 g/mol. The molecule has 0 aliphatic carbocycles. The standard InChI is InChI=1S/C27H39N3O7S/c1-8-19(3)28-27(32)23(9-2)29(17-20-10-13-22(35-4)14-11-20)26(31)18-30(38(7,33)34)21-12-15-24(36-5)25(16-21)37-6/h10-16,19,23H,8-9,17-18H2,1-7H3,(H,28,32)/t19-,23+/m0/s1. The summed E-state index contributed by atoms with van der Waals surface area (Å²) in [5.74, 6) is 0.586. The summed E-state index contributed by atoms with van der Waals surface area (Å²) < 4.78 is 42.4. The van der Waals surface area contributed by atoms with E-state index in [0.29, 0.717) is 23.7 Å². The Balaban J connectivity index is 2.48. The molecule has 0 aliphatic rings. The molecule has 0 saturated heterocycles. The second-order valence-corrected chi connectivity index (χ2v) is 10.8. The van der Waals surface area contributed by atoms with Crippen molar-refractivity contribution in [3.63, 3.8) is 0 Å². The Morgan fingerprint density at radius 1 is 0.921 bits per heavy atom. The largest absolute Gasteiger partial charge is 0.497 e. The van der Waals surface area contributed by atoms with Crippen molar-refractivity contribution in [1.29, 1.82) is 0 Å². The summed E-state index contributed by atoms with van der Waals surface area (Å²) >= 11 is 0. The normalized spacial score (nSPS) is 12.7. The topological polar surface area (TPSA) is 114 Å². The van der Waals surface area contributed by atoms with E-state index in [1.54, 1.807) is 37.4 Å². The molecule has 10 nitrogen and oxygen atoms in total. The van der Waals surface area contributed by atoms with E-state index >= 15 is 0 Å². The van der Waals surface area contributed by atoms with Gasteiger partial charge >= 0.3 is 0 Å². The van der Waals surface area contributed by atoms with E-state index in [0.717, 1.165) is 22.5 Å². The maximum atomic E-state index is 13.8. The number of methoxy groups -OCH3 is 3. The first-order valence-electron chi connectivity index (χ1n) is 12.4. The molecule has 0 fully saturated rings. The van der Waals surface area contributed by atoms with Gasteiger partial charge in [-0.3, -0.25) is 13.9 Å². The fourth-order valence-electron chi connectivity index (χ4n) is 3.88. The third kappa shape index (κ3) is 8.01. The third-order valence-corrected chi connectivity index (χ3v) is 7.37. The summed E-state index contributed by atoms with van der Waals surface area (Å²) in [6, 6.07) is 10.9. The molecule has 11 heteroatoms. The number of carbonyl (C=O) groups is 2. The lowest BCUT2D eigenvalue weighted by Crippen LogP contribution is -2.53. The first-order valence-corrected chi connectivity index (χ1v) is 14.3. The molecule has 0 saturated carbocycles. The number of sulfonamides is 1.